The van der Waals surface area contributed by atoms with Crippen molar-refractivity contribution in [3.63, 3.8) is 0 Å². The zero-order valence-electron chi connectivity index (χ0n) is 10.8. The van der Waals surface area contributed by atoms with Gasteiger partial charge in [0, 0.05) is 4.83 Å². The monoisotopic (exact) mass is 310 g/mol. The minimum absolute atomic E-state index is 0.0523. The van der Waals surface area contributed by atoms with E-state index in [1.54, 1.807) is 12.1 Å². The average molecular weight is 311 g/mol. The van der Waals surface area contributed by atoms with Gasteiger partial charge in [0.1, 0.15) is 6.10 Å². The summed E-state index contributed by atoms with van der Waals surface area (Å²) in [6, 6.07) is 9.21. The summed E-state index contributed by atoms with van der Waals surface area (Å²) in [5, 5.41) is 0. The maximum Gasteiger partial charge on any atom is 0.338 e. The average Bonchev–Trinajstić information content (AvgIpc) is 2.37. The van der Waals surface area contributed by atoms with Crippen LogP contribution >= 0.6 is 15.9 Å². The number of benzene rings is 1. The van der Waals surface area contributed by atoms with Crippen molar-refractivity contribution in [3.8, 4) is 0 Å². The Labute approximate surface area is 117 Å². The molecule has 1 aliphatic carbocycles. The predicted molar refractivity (Wildman–Crippen MR) is 75.9 cm³/mol. The second-order valence-electron chi connectivity index (χ2n) is 5.26. The van der Waals surface area contributed by atoms with Crippen LogP contribution in [0.5, 0.6) is 0 Å². The third kappa shape index (κ3) is 3.14. The van der Waals surface area contributed by atoms with E-state index in [1.165, 1.54) is 0 Å². The summed E-state index contributed by atoms with van der Waals surface area (Å²) in [6.45, 7) is 4.41. The van der Waals surface area contributed by atoms with Gasteiger partial charge in [0.2, 0.25) is 0 Å². The van der Waals surface area contributed by atoms with Gasteiger partial charge in [-0.15, -0.1) is 0 Å². The Morgan fingerprint density at radius 3 is 2.28 bits per heavy atom. The lowest BCUT2D eigenvalue weighted by atomic mass is 9.81. The van der Waals surface area contributed by atoms with Crippen molar-refractivity contribution in [2.24, 2.45) is 11.8 Å². The Bertz CT molecular complexity index is 392. The van der Waals surface area contributed by atoms with Gasteiger partial charge in [-0.1, -0.05) is 48.0 Å². The van der Waals surface area contributed by atoms with E-state index in [4.69, 9.17) is 4.74 Å². The highest BCUT2D eigenvalue weighted by Crippen LogP contribution is 2.35. The molecule has 4 atom stereocenters. The molecule has 0 spiro atoms. The molecule has 0 N–H and O–H groups in total. The lowest BCUT2D eigenvalue weighted by molar-refractivity contribution is 0.00963. The van der Waals surface area contributed by atoms with Crippen LogP contribution in [0.4, 0.5) is 0 Å². The van der Waals surface area contributed by atoms with Crippen LogP contribution in [0, 0.1) is 11.8 Å². The fraction of sp³-hybridized carbons (Fsp3) is 0.533. The first-order valence-corrected chi connectivity index (χ1v) is 7.39. The molecule has 1 fully saturated rings. The lowest BCUT2D eigenvalue weighted by Crippen LogP contribution is -2.35. The molecule has 0 heterocycles. The molecular weight excluding hydrogens is 292 g/mol. The molecule has 98 valence electrons. The van der Waals surface area contributed by atoms with E-state index in [1.807, 2.05) is 18.2 Å². The van der Waals surface area contributed by atoms with Gasteiger partial charge in [0.25, 0.3) is 0 Å². The molecule has 0 bridgehead atoms. The molecule has 2 unspecified atom stereocenters. The number of alkyl halides is 1. The third-order valence-electron chi connectivity index (χ3n) is 3.64. The number of carbonyl (C=O) groups is 1. The molecule has 0 saturated heterocycles. The van der Waals surface area contributed by atoms with Gasteiger partial charge in [-0.3, -0.25) is 0 Å². The summed E-state index contributed by atoms with van der Waals surface area (Å²) in [5.41, 5.74) is 0.638. The van der Waals surface area contributed by atoms with Crippen molar-refractivity contribution in [2.45, 2.75) is 37.6 Å². The van der Waals surface area contributed by atoms with Gasteiger partial charge in [-0.2, -0.15) is 0 Å². The minimum Gasteiger partial charge on any atom is -0.459 e. The molecule has 1 saturated carbocycles. The number of ether oxygens (including phenoxy) is 1. The van der Waals surface area contributed by atoms with E-state index >= 15 is 0 Å². The van der Waals surface area contributed by atoms with E-state index in [2.05, 4.69) is 29.8 Å². The van der Waals surface area contributed by atoms with Crippen LogP contribution in [0.1, 0.15) is 37.0 Å². The fourth-order valence-corrected chi connectivity index (χ4v) is 3.07. The molecule has 0 amide bonds. The molecule has 18 heavy (non-hydrogen) atoms. The first-order chi connectivity index (χ1) is 8.58. The Balaban J connectivity index is 1.96. The van der Waals surface area contributed by atoms with Crippen molar-refractivity contribution in [2.75, 3.05) is 0 Å². The van der Waals surface area contributed by atoms with Gasteiger partial charge in [0.05, 0.1) is 5.56 Å². The predicted octanol–water partition coefficient (Wildman–Crippen LogP) is 4.04. The van der Waals surface area contributed by atoms with Gasteiger partial charge in [0.15, 0.2) is 0 Å². The Kier molecular flexibility index (Phi) is 4.44. The van der Waals surface area contributed by atoms with Crippen molar-refractivity contribution in [3.05, 3.63) is 35.9 Å². The van der Waals surface area contributed by atoms with E-state index in [9.17, 15) is 4.79 Å². The molecule has 0 aliphatic heterocycles. The quantitative estimate of drug-likeness (QED) is 0.608. The van der Waals surface area contributed by atoms with E-state index in [0.717, 1.165) is 12.8 Å². The number of hydrogen-bond acceptors (Lipinski definition) is 2. The smallest absolute Gasteiger partial charge is 0.338 e. The van der Waals surface area contributed by atoms with Crippen LogP contribution in [0.2, 0.25) is 0 Å². The van der Waals surface area contributed by atoms with Crippen molar-refractivity contribution in [1.82, 2.24) is 0 Å². The highest BCUT2D eigenvalue weighted by atomic mass is 79.9. The largest absolute Gasteiger partial charge is 0.459 e. The Morgan fingerprint density at radius 2 is 1.72 bits per heavy atom. The summed E-state index contributed by atoms with van der Waals surface area (Å²) in [5.74, 6) is 0.887. The molecule has 1 aromatic rings. The molecule has 2 nitrogen and oxygen atoms in total. The molecular formula is C15H19BrO2. The van der Waals surface area contributed by atoms with Crippen LogP contribution in [0.3, 0.4) is 0 Å². The second kappa shape index (κ2) is 5.87. The zero-order chi connectivity index (χ0) is 13.1. The molecule has 1 aromatic carbocycles. The molecule has 2 rings (SSSR count). The van der Waals surface area contributed by atoms with Crippen molar-refractivity contribution in [1.29, 1.82) is 0 Å². The standard InChI is InChI=1S/C15H19BrO2/c1-10-8-13(9-11(2)14(10)16)18-15(17)12-6-4-3-5-7-12/h3-7,10-11,13-14H,8-9H2,1-2H3/t10-,11+,13?,14?. The highest BCUT2D eigenvalue weighted by molar-refractivity contribution is 9.09. The minimum atomic E-state index is -0.201. The third-order valence-corrected chi connectivity index (χ3v) is 5.44. The van der Waals surface area contributed by atoms with E-state index in [0.29, 0.717) is 22.2 Å². The summed E-state index contributed by atoms with van der Waals surface area (Å²) in [4.78, 5) is 12.5. The first-order valence-electron chi connectivity index (χ1n) is 6.48. The lowest BCUT2D eigenvalue weighted by Gasteiger charge is -2.35. The summed E-state index contributed by atoms with van der Waals surface area (Å²) < 4.78 is 5.61. The van der Waals surface area contributed by atoms with Crippen LogP contribution in [-0.4, -0.2) is 16.9 Å². The molecule has 1 aliphatic rings. The number of carbonyl (C=O) groups excluding carboxylic acids is 1. The summed E-state index contributed by atoms with van der Waals surface area (Å²) >= 11 is 3.72. The van der Waals surface area contributed by atoms with Crippen LogP contribution in [-0.2, 0) is 4.74 Å². The van der Waals surface area contributed by atoms with Crippen LogP contribution in [0.25, 0.3) is 0 Å². The maximum atomic E-state index is 12.0. The fourth-order valence-electron chi connectivity index (χ4n) is 2.64. The normalized spacial score (nSPS) is 31.9. The van der Waals surface area contributed by atoms with E-state index in [-0.39, 0.29) is 12.1 Å². The summed E-state index contributed by atoms with van der Waals surface area (Å²) in [7, 11) is 0. The van der Waals surface area contributed by atoms with Crippen LogP contribution < -0.4 is 0 Å². The van der Waals surface area contributed by atoms with Gasteiger partial charge in [-0.05, 0) is 36.8 Å². The van der Waals surface area contributed by atoms with Crippen LogP contribution in [0.15, 0.2) is 30.3 Å². The highest BCUT2D eigenvalue weighted by Gasteiger charge is 2.33. The van der Waals surface area contributed by atoms with Gasteiger partial charge >= 0.3 is 5.97 Å². The Hall–Kier alpha value is -0.830. The topological polar surface area (TPSA) is 26.3 Å². The SMILES string of the molecule is C[C@@H]1CC(OC(=O)c2ccccc2)C[C@H](C)C1Br. The number of esters is 1. The number of hydrogen-bond donors (Lipinski definition) is 0. The second-order valence-corrected chi connectivity index (χ2v) is 6.32. The molecule has 0 radical (unpaired) electrons. The molecule has 3 heteroatoms. The number of rotatable bonds is 2. The van der Waals surface area contributed by atoms with Crippen molar-refractivity contribution < 1.29 is 9.53 Å². The Morgan fingerprint density at radius 1 is 1.17 bits per heavy atom. The maximum absolute atomic E-state index is 12.0. The van der Waals surface area contributed by atoms with Crippen molar-refractivity contribution >= 4 is 21.9 Å². The number of halogens is 1. The van der Waals surface area contributed by atoms with Gasteiger partial charge < -0.3 is 4.74 Å². The first kappa shape index (κ1) is 13.6. The zero-order valence-corrected chi connectivity index (χ0v) is 12.4. The summed E-state index contributed by atoms with van der Waals surface area (Å²) in [6.07, 6.45) is 1.94. The molecule has 0 aromatic heterocycles. The van der Waals surface area contributed by atoms with Gasteiger partial charge in [-0.25, -0.2) is 4.79 Å². The van der Waals surface area contributed by atoms with E-state index < -0.39 is 0 Å².